The van der Waals surface area contributed by atoms with Gasteiger partial charge >= 0.3 is 5.97 Å². The van der Waals surface area contributed by atoms with Crippen LogP contribution in [0.4, 0.5) is 0 Å². The number of carbonyl (C=O) groups is 2. The molecule has 0 aliphatic heterocycles. The van der Waals surface area contributed by atoms with Crippen LogP contribution in [0.3, 0.4) is 0 Å². The molecular formula is C14H19N5O3. The van der Waals surface area contributed by atoms with Crippen molar-refractivity contribution in [1.82, 2.24) is 24.5 Å². The van der Waals surface area contributed by atoms with E-state index in [2.05, 4.69) is 15.1 Å². The van der Waals surface area contributed by atoms with Gasteiger partial charge in [-0.2, -0.15) is 10.1 Å². The highest BCUT2D eigenvalue weighted by Gasteiger charge is 2.21. The SMILES string of the molecule is Cc1nc2ncnn2c(C)c1CC(=O)O[C@H](C)C(=O)N(C)C. The van der Waals surface area contributed by atoms with E-state index in [0.717, 1.165) is 11.3 Å². The Morgan fingerprint density at radius 3 is 2.68 bits per heavy atom. The largest absolute Gasteiger partial charge is 0.452 e. The molecule has 1 atom stereocenters. The van der Waals surface area contributed by atoms with Crippen LogP contribution in [0.1, 0.15) is 23.9 Å². The Morgan fingerprint density at radius 2 is 2.05 bits per heavy atom. The zero-order valence-electron chi connectivity index (χ0n) is 13.3. The van der Waals surface area contributed by atoms with E-state index in [1.54, 1.807) is 32.5 Å². The van der Waals surface area contributed by atoms with Gasteiger partial charge in [0.05, 0.1) is 6.42 Å². The molecule has 2 aromatic heterocycles. The van der Waals surface area contributed by atoms with Crippen LogP contribution >= 0.6 is 0 Å². The second-order valence-electron chi connectivity index (χ2n) is 5.27. The highest BCUT2D eigenvalue weighted by atomic mass is 16.5. The molecule has 0 saturated heterocycles. The lowest BCUT2D eigenvalue weighted by Crippen LogP contribution is -2.35. The van der Waals surface area contributed by atoms with Crippen LogP contribution in [0.15, 0.2) is 6.33 Å². The minimum absolute atomic E-state index is 0.0332. The Bertz CT molecular complexity index is 723. The predicted molar refractivity (Wildman–Crippen MR) is 78.2 cm³/mol. The van der Waals surface area contributed by atoms with E-state index in [1.165, 1.54) is 11.2 Å². The van der Waals surface area contributed by atoms with Gasteiger partial charge in [0.15, 0.2) is 6.10 Å². The van der Waals surface area contributed by atoms with E-state index >= 15 is 0 Å². The number of carbonyl (C=O) groups excluding carboxylic acids is 2. The molecule has 22 heavy (non-hydrogen) atoms. The molecule has 0 radical (unpaired) electrons. The number of esters is 1. The number of fused-ring (bicyclic) bond motifs is 1. The molecule has 2 heterocycles. The van der Waals surface area contributed by atoms with Crippen molar-refractivity contribution >= 4 is 17.7 Å². The molecule has 1 amide bonds. The molecule has 0 bridgehead atoms. The molecule has 0 aliphatic rings. The third-order valence-corrected chi connectivity index (χ3v) is 3.41. The number of aromatic nitrogens is 4. The molecule has 0 unspecified atom stereocenters. The predicted octanol–water partition coefficient (Wildman–Crippen LogP) is 0.304. The maximum absolute atomic E-state index is 12.1. The Labute approximate surface area is 128 Å². The lowest BCUT2D eigenvalue weighted by Gasteiger charge is -2.17. The van der Waals surface area contributed by atoms with Gasteiger partial charge in [0.1, 0.15) is 6.33 Å². The quantitative estimate of drug-likeness (QED) is 0.755. The third-order valence-electron chi connectivity index (χ3n) is 3.41. The first-order chi connectivity index (χ1) is 10.3. The molecule has 0 fully saturated rings. The lowest BCUT2D eigenvalue weighted by molar-refractivity contribution is -0.157. The fraction of sp³-hybridized carbons (Fsp3) is 0.500. The van der Waals surface area contributed by atoms with Crippen molar-refractivity contribution in [3.8, 4) is 0 Å². The number of aryl methyl sites for hydroxylation is 2. The molecule has 0 saturated carbocycles. The highest BCUT2D eigenvalue weighted by Crippen LogP contribution is 2.14. The smallest absolute Gasteiger partial charge is 0.311 e. The number of nitrogens with zero attached hydrogens (tertiary/aromatic N) is 5. The third kappa shape index (κ3) is 3.05. The van der Waals surface area contributed by atoms with E-state index in [-0.39, 0.29) is 12.3 Å². The Kier molecular flexibility index (Phi) is 4.39. The number of amides is 1. The molecule has 8 nitrogen and oxygen atoms in total. The second kappa shape index (κ2) is 6.08. The molecular weight excluding hydrogens is 286 g/mol. The fourth-order valence-electron chi connectivity index (χ4n) is 2.21. The number of ether oxygens (including phenoxy) is 1. The summed E-state index contributed by atoms with van der Waals surface area (Å²) in [5.41, 5.74) is 2.21. The van der Waals surface area contributed by atoms with E-state index in [4.69, 9.17) is 4.74 Å². The van der Waals surface area contributed by atoms with Crippen LogP contribution in [0.5, 0.6) is 0 Å². The molecule has 118 valence electrons. The van der Waals surface area contributed by atoms with Crippen LogP contribution in [0.2, 0.25) is 0 Å². The molecule has 2 aromatic rings. The van der Waals surface area contributed by atoms with Crippen molar-refractivity contribution in [3.63, 3.8) is 0 Å². The van der Waals surface area contributed by atoms with Gasteiger partial charge in [-0.3, -0.25) is 9.59 Å². The van der Waals surface area contributed by atoms with Crippen molar-refractivity contribution in [2.75, 3.05) is 14.1 Å². The van der Waals surface area contributed by atoms with Gasteiger partial charge in [-0.1, -0.05) is 0 Å². The number of rotatable bonds is 4. The molecule has 0 aromatic carbocycles. The van der Waals surface area contributed by atoms with Crippen molar-refractivity contribution in [3.05, 3.63) is 23.3 Å². The van der Waals surface area contributed by atoms with Crippen LogP contribution in [-0.2, 0) is 20.7 Å². The summed E-state index contributed by atoms with van der Waals surface area (Å²) < 4.78 is 6.75. The van der Waals surface area contributed by atoms with Crippen LogP contribution in [0.25, 0.3) is 5.78 Å². The molecule has 8 heteroatoms. The Hall–Kier alpha value is -2.51. The van der Waals surface area contributed by atoms with Crippen LogP contribution < -0.4 is 0 Å². The summed E-state index contributed by atoms with van der Waals surface area (Å²) in [4.78, 5) is 33.5. The van der Waals surface area contributed by atoms with Gasteiger partial charge < -0.3 is 9.64 Å². The van der Waals surface area contributed by atoms with E-state index < -0.39 is 12.1 Å². The summed E-state index contributed by atoms with van der Waals surface area (Å²) in [5, 5.41) is 4.07. The van der Waals surface area contributed by atoms with Gasteiger partial charge in [0.25, 0.3) is 11.7 Å². The number of hydrogen-bond acceptors (Lipinski definition) is 6. The Morgan fingerprint density at radius 1 is 1.36 bits per heavy atom. The summed E-state index contributed by atoms with van der Waals surface area (Å²) in [7, 11) is 3.23. The Balaban J connectivity index is 2.17. The minimum Gasteiger partial charge on any atom is -0.452 e. The maximum atomic E-state index is 12.1. The van der Waals surface area contributed by atoms with Crippen LogP contribution in [-0.4, -0.2) is 56.6 Å². The van der Waals surface area contributed by atoms with E-state index in [1.807, 2.05) is 6.92 Å². The normalized spacial score (nSPS) is 12.2. The number of likely N-dealkylation sites (N-methyl/N-ethyl adjacent to an activating group) is 1. The molecule has 0 aliphatic carbocycles. The first-order valence-electron chi connectivity index (χ1n) is 6.87. The van der Waals surface area contributed by atoms with Gasteiger partial charge in [0, 0.05) is 31.0 Å². The average molecular weight is 305 g/mol. The first-order valence-corrected chi connectivity index (χ1v) is 6.87. The van der Waals surface area contributed by atoms with Crippen molar-refractivity contribution in [2.24, 2.45) is 0 Å². The van der Waals surface area contributed by atoms with Crippen LogP contribution in [0, 0.1) is 13.8 Å². The van der Waals surface area contributed by atoms with E-state index in [0.29, 0.717) is 11.5 Å². The summed E-state index contributed by atoms with van der Waals surface area (Å²) in [5.74, 6) is -0.245. The molecule has 0 spiro atoms. The number of hydrogen-bond donors (Lipinski definition) is 0. The van der Waals surface area contributed by atoms with E-state index in [9.17, 15) is 9.59 Å². The summed E-state index contributed by atoms with van der Waals surface area (Å²) in [6, 6.07) is 0. The van der Waals surface area contributed by atoms with Crippen molar-refractivity contribution < 1.29 is 14.3 Å². The summed E-state index contributed by atoms with van der Waals surface area (Å²) >= 11 is 0. The van der Waals surface area contributed by atoms with Gasteiger partial charge in [-0.25, -0.2) is 9.50 Å². The molecule has 0 N–H and O–H groups in total. The van der Waals surface area contributed by atoms with Crippen molar-refractivity contribution in [1.29, 1.82) is 0 Å². The zero-order chi connectivity index (χ0) is 16.4. The molecule has 2 rings (SSSR count). The van der Waals surface area contributed by atoms with Gasteiger partial charge in [-0.05, 0) is 20.8 Å². The summed E-state index contributed by atoms with van der Waals surface area (Å²) in [6.07, 6.45) is 0.631. The van der Waals surface area contributed by atoms with Gasteiger partial charge in [0.2, 0.25) is 0 Å². The summed E-state index contributed by atoms with van der Waals surface area (Å²) in [6.45, 7) is 5.20. The van der Waals surface area contributed by atoms with Gasteiger partial charge in [-0.15, -0.1) is 0 Å². The highest BCUT2D eigenvalue weighted by molar-refractivity contribution is 5.83. The maximum Gasteiger partial charge on any atom is 0.311 e. The second-order valence-corrected chi connectivity index (χ2v) is 5.27. The zero-order valence-corrected chi connectivity index (χ0v) is 13.3. The topological polar surface area (TPSA) is 89.7 Å². The first kappa shape index (κ1) is 15.9. The fourth-order valence-corrected chi connectivity index (χ4v) is 2.21. The van der Waals surface area contributed by atoms with Crippen molar-refractivity contribution in [2.45, 2.75) is 33.3 Å². The minimum atomic E-state index is -0.814. The standard InChI is InChI=1S/C14H19N5O3/c1-8-11(9(2)19-14(17-8)15-7-16-19)6-12(20)22-10(3)13(21)18(4)5/h7,10H,6H2,1-5H3/t10-/m1/s1. The lowest BCUT2D eigenvalue weighted by atomic mass is 10.1. The monoisotopic (exact) mass is 305 g/mol. The average Bonchev–Trinajstić information content (AvgIpc) is 2.90.